The van der Waals surface area contributed by atoms with Crippen LogP contribution in [0.15, 0.2) is 40.9 Å². The molecule has 0 bridgehead atoms. The number of anilines is 2. The molecule has 1 aromatic heterocycles. The van der Waals surface area contributed by atoms with Crippen molar-refractivity contribution in [2.24, 2.45) is 0 Å². The minimum absolute atomic E-state index is 0.0844. The minimum atomic E-state index is -0.671. The largest absolute Gasteiger partial charge is 0.496 e. The minimum Gasteiger partial charge on any atom is -0.496 e. The number of piperazine rings is 1. The van der Waals surface area contributed by atoms with Crippen LogP contribution in [0.25, 0.3) is 11.3 Å². The summed E-state index contributed by atoms with van der Waals surface area (Å²) in [5.74, 6) is 0.513. The summed E-state index contributed by atoms with van der Waals surface area (Å²) in [6, 6.07) is 9.30. The molecule has 1 fully saturated rings. The monoisotopic (exact) mass is 571 g/mol. The maximum Gasteiger partial charge on any atom is 0.412 e. The Morgan fingerprint density at radius 3 is 2.42 bits per heavy atom. The van der Waals surface area contributed by atoms with Crippen molar-refractivity contribution in [2.75, 3.05) is 43.5 Å². The molecule has 1 saturated heterocycles. The van der Waals surface area contributed by atoms with Gasteiger partial charge in [0, 0.05) is 49.6 Å². The number of methoxy groups -OCH3 is 1. The standard InChI is InChI=1S/C27H30ClN5O7/c1-16-23(25(34)32-12-10-31(11-13-32)21-8-7-18(33(36)37)15-20(21)28)24(30-40-16)19-14-17(6-9-22(19)38-5)29-26(35)39-27(2,3)4/h6-9,14-15H,10-13H2,1-5H3,(H,29,35). The maximum absolute atomic E-state index is 13.7. The fraction of sp³-hybridized carbons (Fsp3) is 0.370. The molecule has 12 nitrogen and oxygen atoms in total. The van der Waals surface area contributed by atoms with Crippen LogP contribution in [0.3, 0.4) is 0 Å². The quantitative estimate of drug-likeness (QED) is 0.298. The molecule has 13 heteroatoms. The van der Waals surface area contributed by atoms with Crippen molar-refractivity contribution in [1.29, 1.82) is 0 Å². The van der Waals surface area contributed by atoms with E-state index in [0.29, 0.717) is 54.6 Å². The van der Waals surface area contributed by atoms with Gasteiger partial charge in [0.1, 0.15) is 28.4 Å². The molecular formula is C27H30ClN5O7. The molecule has 0 spiro atoms. The smallest absolute Gasteiger partial charge is 0.412 e. The van der Waals surface area contributed by atoms with E-state index in [1.54, 1.807) is 56.9 Å². The predicted octanol–water partition coefficient (Wildman–Crippen LogP) is 5.53. The lowest BCUT2D eigenvalue weighted by atomic mass is 10.0. The van der Waals surface area contributed by atoms with Crippen LogP contribution in [0.2, 0.25) is 5.02 Å². The Morgan fingerprint density at radius 1 is 1.12 bits per heavy atom. The highest BCUT2D eigenvalue weighted by Gasteiger charge is 2.30. The molecule has 2 heterocycles. The molecule has 0 saturated carbocycles. The summed E-state index contributed by atoms with van der Waals surface area (Å²) in [4.78, 5) is 40.2. The molecule has 0 radical (unpaired) electrons. The topological polar surface area (TPSA) is 140 Å². The van der Waals surface area contributed by atoms with Crippen LogP contribution in [0.4, 0.5) is 21.9 Å². The van der Waals surface area contributed by atoms with Crippen molar-refractivity contribution in [1.82, 2.24) is 10.1 Å². The highest BCUT2D eigenvalue weighted by atomic mass is 35.5. The van der Waals surface area contributed by atoms with Crippen LogP contribution >= 0.6 is 11.6 Å². The van der Waals surface area contributed by atoms with E-state index in [9.17, 15) is 19.7 Å². The number of hydrogen-bond donors (Lipinski definition) is 1. The summed E-state index contributed by atoms with van der Waals surface area (Å²) in [7, 11) is 1.50. The van der Waals surface area contributed by atoms with E-state index >= 15 is 0 Å². The molecular weight excluding hydrogens is 542 g/mol. The van der Waals surface area contributed by atoms with Gasteiger partial charge in [-0.05, 0) is 52.0 Å². The highest BCUT2D eigenvalue weighted by molar-refractivity contribution is 6.33. The third-order valence-electron chi connectivity index (χ3n) is 6.23. The first kappa shape index (κ1) is 28.7. The molecule has 1 aliphatic rings. The summed E-state index contributed by atoms with van der Waals surface area (Å²) in [6.45, 7) is 8.67. The van der Waals surface area contributed by atoms with Gasteiger partial charge >= 0.3 is 6.09 Å². The second-order valence-electron chi connectivity index (χ2n) is 10.2. The molecule has 0 atom stereocenters. The fourth-order valence-electron chi connectivity index (χ4n) is 4.37. The number of aryl methyl sites for hydroxylation is 1. The Balaban J connectivity index is 1.54. The molecule has 2 aromatic carbocycles. The Labute approximate surface area is 235 Å². The van der Waals surface area contributed by atoms with Crippen LogP contribution in [0.1, 0.15) is 36.9 Å². The summed E-state index contributed by atoms with van der Waals surface area (Å²) in [6.07, 6.45) is -0.623. The number of nitrogens with zero attached hydrogens (tertiary/aromatic N) is 4. The van der Waals surface area contributed by atoms with Gasteiger partial charge in [0.05, 0.1) is 22.7 Å². The van der Waals surface area contributed by atoms with E-state index in [2.05, 4.69) is 10.5 Å². The number of nitro groups is 1. The summed E-state index contributed by atoms with van der Waals surface area (Å²) < 4.78 is 16.3. The van der Waals surface area contributed by atoms with Crippen LogP contribution in [0, 0.1) is 17.0 Å². The molecule has 40 heavy (non-hydrogen) atoms. The first-order chi connectivity index (χ1) is 18.9. The summed E-state index contributed by atoms with van der Waals surface area (Å²) in [5, 5.41) is 18.2. The van der Waals surface area contributed by atoms with Gasteiger partial charge < -0.3 is 23.8 Å². The zero-order valence-corrected chi connectivity index (χ0v) is 23.6. The first-order valence-electron chi connectivity index (χ1n) is 12.5. The van der Waals surface area contributed by atoms with Crippen LogP contribution in [-0.2, 0) is 4.74 Å². The van der Waals surface area contributed by atoms with Crippen LogP contribution in [0.5, 0.6) is 5.75 Å². The lowest BCUT2D eigenvalue weighted by Crippen LogP contribution is -2.49. The summed E-state index contributed by atoms with van der Waals surface area (Å²) >= 11 is 6.31. The van der Waals surface area contributed by atoms with Crippen molar-refractivity contribution in [3.05, 3.63) is 62.9 Å². The van der Waals surface area contributed by atoms with Gasteiger partial charge in [-0.25, -0.2) is 4.79 Å². The van der Waals surface area contributed by atoms with Crippen molar-refractivity contribution in [3.8, 4) is 17.0 Å². The van der Waals surface area contributed by atoms with Gasteiger partial charge in [-0.2, -0.15) is 0 Å². The number of carbonyl (C=O) groups excluding carboxylic acids is 2. The fourth-order valence-corrected chi connectivity index (χ4v) is 4.67. The third kappa shape index (κ3) is 6.28. The number of nitrogens with one attached hydrogen (secondary N) is 1. The van der Waals surface area contributed by atoms with E-state index in [1.165, 1.54) is 19.2 Å². The Bertz CT molecular complexity index is 1440. The Morgan fingerprint density at radius 2 is 1.82 bits per heavy atom. The number of nitro benzene ring substituents is 1. The molecule has 4 rings (SSSR count). The average Bonchev–Trinajstić information content (AvgIpc) is 3.28. The van der Waals surface area contributed by atoms with Crippen LogP contribution < -0.4 is 15.0 Å². The highest BCUT2D eigenvalue weighted by Crippen LogP contribution is 2.36. The zero-order chi connectivity index (χ0) is 29.2. The third-order valence-corrected chi connectivity index (χ3v) is 6.53. The van der Waals surface area contributed by atoms with Gasteiger partial charge in [0.15, 0.2) is 0 Å². The second-order valence-corrected chi connectivity index (χ2v) is 10.6. The second kappa shape index (κ2) is 11.4. The van der Waals surface area contributed by atoms with E-state index in [1.807, 2.05) is 4.90 Å². The first-order valence-corrected chi connectivity index (χ1v) is 12.9. The Hall–Kier alpha value is -4.32. The van der Waals surface area contributed by atoms with E-state index in [0.717, 1.165) is 0 Å². The number of hydrogen-bond acceptors (Lipinski definition) is 9. The molecule has 212 valence electrons. The number of benzene rings is 2. The number of halogens is 1. The lowest BCUT2D eigenvalue weighted by Gasteiger charge is -2.36. The predicted molar refractivity (Wildman–Crippen MR) is 149 cm³/mol. The Kier molecular flexibility index (Phi) is 8.19. The molecule has 3 aromatic rings. The van der Waals surface area contributed by atoms with Crippen molar-refractivity contribution < 1.29 is 28.5 Å². The van der Waals surface area contributed by atoms with Crippen LogP contribution in [-0.4, -0.2) is 65.9 Å². The number of non-ortho nitro benzene ring substituents is 1. The van der Waals surface area contributed by atoms with E-state index in [4.69, 9.17) is 25.6 Å². The number of carbonyl (C=O) groups is 2. The van der Waals surface area contributed by atoms with E-state index < -0.39 is 16.6 Å². The molecule has 1 aliphatic heterocycles. The van der Waals surface area contributed by atoms with Gasteiger partial charge in [-0.15, -0.1) is 0 Å². The molecule has 2 amide bonds. The molecule has 0 unspecified atom stereocenters. The van der Waals surface area contributed by atoms with Gasteiger partial charge in [0.2, 0.25) is 0 Å². The number of ether oxygens (including phenoxy) is 2. The van der Waals surface area contributed by atoms with Gasteiger partial charge in [-0.1, -0.05) is 16.8 Å². The molecule has 0 aliphatic carbocycles. The zero-order valence-electron chi connectivity index (χ0n) is 22.8. The van der Waals surface area contributed by atoms with Gasteiger partial charge in [-0.3, -0.25) is 20.2 Å². The average molecular weight is 572 g/mol. The van der Waals surface area contributed by atoms with Gasteiger partial charge in [0.25, 0.3) is 11.6 Å². The summed E-state index contributed by atoms with van der Waals surface area (Å²) in [5.41, 5.74) is 1.38. The van der Waals surface area contributed by atoms with Crippen molar-refractivity contribution in [3.63, 3.8) is 0 Å². The SMILES string of the molecule is COc1ccc(NC(=O)OC(C)(C)C)cc1-c1noc(C)c1C(=O)N1CCN(c2ccc([N+](=O)[O-])cc2Cl)CC1. The maximum atomic E-state index is 13.7. The molecule has 1 N–H and O–H groups in total. The lowest BCUT2D eigenvalue weighted by molar-refractivity contribution is -0.384. The number of amides is 2. The van der Waals surface area contributed by atoms with Crippen molar-refractivity contribution in [2.45, 2.75) is 33.3 Å². The number of rotatable bonds is 6. The van der Waals surface area contributed by atoms with Crippen molar-refractivity contribution >= 4 is 40.7 Å². The van der Waals surface area contributed by atoms with E-state index in [-0.39, 0.29) is 27.9 Å². The normalized spacial score (nSPS) is 13.7. The number of aromatic nitrogens is 1.